The number of hydrogen-bond acceptors (Lipinski definition) is 2. The van der Waals surface area contributed by atoms with Crippen LogP contribution in [0.3, 0.4) is 0 Å². The van der Waals surface area contributed by atoms with E-state index in [2.05, 4.69) is 5.10 Å². The molecule has 0 aliphatic rings. The van der Waals surface area contributed by atoms with Gasteiger partial charge in [0.1, 0.15) is 11.8 Å². The third-order valence-electron chi connectivity index (χ3n) is 4.47. The maximum atomic E-state index is 12.7. The summed E-state index contributed by atoms with van der Waals surface area (Å²) in [4.78, 5) is 12.7. The van der Waals surface area contributed by atoms with Crippen molar-refractivity contribution in [2.45, 2.75) is 13.8 Å². The molecule has 0 aliphatic heterocycles. The van der Waals surface area contributed by atoms with Crippen LogP contribution in [0, 0.1) is 6.92 Å². The Morgan fingerprint density at radius 1 is 1.08 bits per heavy atom. The minimum atomic E-state index is -0.324. The number of nitrogens with zero attached hydrogens (tertiary/aromatic N) is 2. The largest absolute Gasteiger partial charge is 0.462 e. The first-order valence-corrected chi connectivity index (χ1v) is 8.64. The van der Waals surface area contributed by atoms with Gasteiger partial charge in [0, 0.05) is 12.5 Å². The lowest BCUT2D eigenvalue weighted by Gasteiger charge is -2.03. The monoisotopic (exact) mass is 346 g/mol. The van der Waals surface area contributed by atoms with E-state index in [0.717, 1.165) is 28.3 Å². The molecule has 0 radical (unpaired) electrons. The number of nitrogens with one attached hydrogen (secondary N) is 1. The molecule has 2 aromatic heterocycles. The van der Waals surface area contributed by atoms with Gasteiger partial charge in [0.2, 0.25) is 0 Å². The second-order valence-corrected chi connectivity index (χ2v) is 6.05. The number of aromatic amines is 1. The molecule has 5 heteroatoms. The van der Waals surface area contributed by atoms with Crippen molar-refractivity contribution in [2.24, 2.45) is 0 Å². The molecule has 26 heavy (non-hydrogen) atoms. The van der Waals surface area contributed by atoms with Gasteiger partial charge < -0.3 is 4.74 Å². The molecule has 0 bridgehead atoms. The van der Waals surface area contributed by atoms with Gasteiger partial charge in [-0.25, -0.2) is 4.79 Å². The van der Waals surface area contributed by atoms with Crippen LogP contribution in [-0.4, -0.2) is 22.1 Å². The maximum Gasteiger partial charge on any atom is 0.345 e. The molecule has 5 nitrogen and oxygen atoms in total. The normalized spacial score (nSPS) is 11.0. The van der Waals surface area contributed by atoms with Crippen LogP contribution in [0.2, 0.25) is 0 Å². The highest BCUT2D eigenvalue weighted by molar-refractivity contribution is 6.03. The molecule has 0 unspecified atom stereocenters. The topological polar surface area (TPSA) is 50.4 Å². The fourth-order valence-corrected chi connectivity index (χ4v) is 3.24. The number of H-pyrrole nitrogens is 1. The van der Waals surface area contributed by atoms with Crippen LogP contribution in [0.1, 0.15) is 23.1 Å². The van der Waals surface area contributed by atoms with Gasteiger partial charge in [-0.2, -0.15) is 9.50 Å². The Labute approximate surface area is 151 Å². The Bertz CT molecular complexity index is 1060. The van der Waals surface area contributed by atoms with E-state index >= 15 is 0 Å². The number of benzene rings is 2. The zero-order valence-electron chi connectivity index (χ0n) is 14.8. The number of fused-ring (bicyclic) bond motifs is 1. The van der Waals surface area contributed by atoms with Crippen LogP contribution in [0.15, 0.2) is 66.9 Å². The van der Waals surface area contributed by atoms with Crippen molar-refractivity contribution in [3.05, 3.63) is 78.2 Å². The van der Waals surface area contributed by atoms with E-state index in [9.17, 15) is 4.79 Å². The molecule has 4 rings (SSSR count). The first kappa shape index (κ1) is 16.1. The Morgan fingerprint density at radius 2 is 1.73 bits per heavy atom. The number of rotatable bonds is 4. The summed E-state index contributed by atoms with van der Waals surface area (Å²) in [5, 5.41) is 3.36. The van der Waals surface area contributed by atoms with E-state index in [4.69, 9.17) is 4.74 Å². The minimum absolute atomic E-state index is 0.324. The molecule has 130 valence electrons. The molecule has 2 heterocycles. The van der Waals surface area contributed by atoms with Crippen LogP contribution in [0.25, 0.3) is 22.5 Å². The lowest BCUT2D eigenvalue weighted by Crippen LogP contribution is -2.35. The van der Waals surface area contributed by atoms with Gasteiger partial charge in [-0.1, -0.05) is 48.5 Å². The van der Waals surface area contributed by atoms with Gasteiger partial charge in [0.25, 0.3) is 11.5 Å². The highest BCUT2D eigenvalue weighted by Crippen LogP contribution is 2.29. The summed E-state index contributed by atoms with van der Waals surface area (Å²) in [5.41, 5.74) is 4.13. The molecule has 0 aliphatic carbocycles. The molecule has 4 aromatic rings. The van der Waals surface area contributed by atoms with Gasteiger partial charge in [-0.15, -0.1) is 4.68 Å². The molecular formula is C21H20N3O2+. The standard InChI is InChI=1S/C21H19N3O2/c1-3-26-21(25)19-18(16-10-6-4-7-11-16)14-23-15(2)24(22-20(19)23)17-12-8-5-9-13-17/h4-14H,3H2,1-2H3/p+1. The fourth-order valence-electron chi connectivity index (χ4n) is 3.24. The van der Waals surface area contributed by atoms with Crippen LogP contribution in [-0.2, 0) is 4.74 Å². The Kier molecular flexibility index (Phi) is 4.05. The molecule has 0 saturated heterocycles. The zero-order valence-corrected chi connectivity index (χ0v) is 14.8. The average Bonchev–Trinajstić information content (AvgIpc) is 3.20. The third-order valence-corrected chi connectivity index (χ3v) is 4.47. The summed E-state index contributed by atoms with van der Waals surface area (Å²) in [6.45, 7) is 4.17. The molecule has 0 saturated carbocycles. The second-order valence-electron chi connectivity index (χ2n) is 6.05. The molecule has 1 N–H and O–H groups in total. The highest BCUT2D eigenvalue weighted by Gasteiger charge is 2.29. The first-order valence-electron chi connectivity index (χ1n) is 8.64. The Balaban J connectivity index is 1.97. The van der Waals surface area contributed by atoms with Crippen LogP contribution in [0.4, 0.5) is 0 Å². The molecule has 0 atom stereocenters. The smallest absolute Gasteiger partial charge is 0.345 e. The van der Waals surface area contributed by atoms with E-state index in [1.807, 2.05) is 89.8 Å². The van der Waals surface area contributed by atoms with Crippen LogP contribution >= 0.6 is 0 Å². The van der Waals surface area contributed by atoms with Crippen LogP contribution in [0.5, 0.6) is 0 Å². The number of aromatic nitrogens is 3. The number of carbonyl (C=O) groups is 1. The summed E-state index contributed by atoms with van der Waals surface area (Å²) in [7, 11) is 0. The Morgan fingerprint density at radius 3 is 2.38 bits per heavy atom. The van der Waals surface area contributed by atoms with E-state index < -0.39 is 0 Å². The summed E-state index contributed by atoms with van der Waals surface area (Å²) >= 11 is 0. The van der Waals surface area contributed by atoms with Crippen molar-refractivity contribution in [2.75, 3.05) is 6.61 Å². The van der Waals surface area contributed by atoms with E-state index in [0.29, 0.717) is 12.2 Å². The average molecular weight is 346 g/mol. The maximum absolute atomic E-state index is 12.7. The van der Waals surface area contributed by atoms with E-state index in [-0.39, 0.29) is 5.97 Å². The predicted octanol–water partition coefficient (Wildman–Crippen LogP) is 3.70. The molecule has 0 fully saturated rings. The summed E-state index contributed by atoms with van der Waals surface area (Å²) < 4.78 is 9.30. The number of carbonyl (C=O) groups excluding carboxylic acids is 1. The molecular weight excluding hydrogens is 326 g/mol. The van der Waals surface area contributed by atoms with Crippen molar-refractivity contribution in [3.8, 4) is 16.8 Å². The highest BCUT2D eigenvalue weighted by atomic mass is 16.5. The second kappa shape index (κ2) is 6.52. The molecule has 2 aromatic carbocycles. The van der Waals surface area contributed by atoms with E-state index in [1.54, 1.807) is 0 Å². The summed E-state index contributed by atoms with van der Waals surface area (Å²) in [6.07, 6.45) is 1.99. The lowest BCUT2D eigenvalue weighted by molar-refractivity contribution is -0.662. The lowest BCUT2D eigenvalue weighted by atomic mass is 10.0. The molecule has 0 amide bonds. The Hall–Kier alpha value is -3.34. The van der Waals surface area contributed by atoms with Crippen molar-refractivity contribution in [1.29, 1.82) is 0 Å². The van der Waals surface area contributed by atoms with Crippen molar-refractivity contribution in [1.82, 2.24) is 9.50 Å². The number of hydrogen-bond donors (Lipinski definition) is 1. The number of para-hydroxylation sites is 1. The number of esters is 1. The van der Waals surface area contributed by atoms with Gasteiger partial charge in [0.15, 0.2) is 5.69 Å². The fraction of sp³-hybridized carbons (Fsp3) is 0.143. The third kappa shape index (κ3) is 2.58. The van der Waals surface area contributed by atoms with Crippen molar-refractivity contribution >= 4 is 11.6 Å². The van der Waals surface area contributed by atoms with Crippen LogP contribution < -0.4 is 4.68 Å². The van der Waals surface area contributed by atoms with E-state index in [1.165, 1.54) is 0 Å². The summed E-state index contributed by atoms with van der Waals surface area (Å²) in [5.74, 6) is 0.647. The van der Waals surface area contributed by atoms with Gasteiger partial charge in [-0.3, -0.25) is 0 Å². The number of ether oxygens (including phenoxy) is 1. The first-order chi connectivity index (χ1) is 12.7. The van der Waals surface area contributed by atoms with Crippen molar-refractivity contribution in [3.63, 3.8) is 0 Å². The van der Waals surface area contributed by atoms with Crippen molar-refractivity contribution < 1.29 is 14.2 Å². The quantitative estimate of drug-likeness (QED) is 0.452. The van der Waals surface area contributed by atoms with Gasteiger partial charge >= 0.3 is 5.97 Å². The minimum Gasteiger partial charge on any atom is -0.462 e. The summed E-state index contributed by atoms with van der Waals surface area (Å²) in [6, 6.07) is 19.9. The SMILES string of the molecule is CCOC(=O)c1c(-c2ccccc2)cn2c(C)[n+](-c3ccccc3)[nH]c12. The zero-order chi connectivity index (χ0) is 18.1. The predicted molar refractivity (Wildman–Crippen MR) is 99.4 cm³/mol. The van der Waals surface area contributed by atoms with Gasteiger partial charge in [0.05, 0.1) is 6.61 Å². The molecule has 0 spiro atoms. The van der Waals surface area contributed by atoms with Gasteiger partial charge in [-0.05, 0) is 24.6 Å². The number of aryl methyl sites for hydroxylation is 1.